The normalized spacial score (nSPS) is 14.1. The number of halogens is 2. The molecule has 2 heterocycles. The molecule has 2 amide bonds. The van der Waals surface area contributed by atoms with E-state index in [1.807, 2.05) is 6.07 Å². The topological polar surface area (TPSA) is 95.7 Å². The highest BCUT2D eigenvalue weighted by molar-refractivity contribution is 6.42. The fraction of sp³-hybridized carbons (Fsp3) is 0.278. The largest absolute Gasteiger partial charge is 0.503 e. The average molecular weight is 410 g/mol. The molecule has 0 saturated heterocycles. The van der Waals surface area contributed by atoms with Crippen molar-refractivity contribution in [2.24, 2.45) is 0 Å². The molecule has 1 aromatic carbocycles. The van der Waals surface area contributed by atoms with Crippen molar-refractivity contribution < 1.29 is 19.1 Å². The summed E-state index contributed by atoms with van der Waals surface area (Å²) < 4.78 is 5.09. The fourth-order valence-corrected chi connectivity index (χ4v) is 3.03. The number of amides is 2. The first-order chi connectivity index (χ1) is 13.0. The Morgan fingerprint density at radius 3 is 2.85 bits per heavy atom. The van der Waals surface area contributed by atoms with Gasteiger partial charge in [-0.25, -0.2) is 4.98 Å². The second-order valence-corrected chi connectivity index (χ2v) is 6.84. The van der Waals surface area contributed by atoms with Crippen molar-refractivity contribution in [2.75, 3.05) is 13.1 Å². The Hall–Kier alpha value is -2.51. The molecule has 1 aliphatic heterocycles. The van der Waals surface area contributed by atoms with E-state index in [9.17, 15) is 14.7 Å². The van der Waals surface area contributed by atoms with Crippen LogP contribution in [0.25, 0.3) is 0 Å². The molecule has 142 valence electrons. The van der Waals surface area contributed by atoms with Gasteiger partial charge in [0.2, 0.25) is 5.89 Å². The Bertz CT molecular complexity index is 881. The number of hydrogen-bond donors (Lipinski definition) is 2. The lowest BCUT2D eigenvalue weighted by Gasteiger charge is -2.13. The van der Waals surface area contributed by atoms with Gasteiger partial charge in [-0.05, 0) is 30.5 Å². The van der Waals surface area contributed by atoms with E-state index in [2.05, 4.69) is 10.3 Å². The summed E-state index contributed by atoms with van der Waals surface area (Å²) >= 11 is 11.9. The fourth-order valence-electron chi connectivity index (χ4n) is 2.71. The monoisotopic (exact) mass is 409 g/mol. The van der Waals surface area contributed by atoms with Crippen LogP contribution < -0.4 is 5.32 Å². The highest BCUT2D eigenvalue weighted by Gasteiger charge is 2.34. The molecule has 2 aromatic rings. The van der Waals surface area contributed by atoms with Crippen LogP contribution in [0.4, 0.5) is 0 Å². The van der Waals surface area contributed by atoms with Gasteiger partial charge >= 0.3 is 0 Å². The predicted molar refractivity (Wildman–Crippen MR) is 99.4 cm³/mol. The van der Waals surface area contributed by atoms with E-state index in [4.69, 9.17) is 27.6 Å². The number of nitrogens with one attached hydrogen (secondary N) is 1. The van der Waals surface area contributed by atoms with Gasteiger partial charge in [-0.1, -0.05) is 29.3 Å². The molecule has 0 spiro atoms. The van der Waals surface area contributed by atoms with E-state index in [1.165, 1.54) is 17.4 Å². The van der Waals surface area contributed by atoms with Crippen LogP contribution in [-0.4, -0.2) is 39.9 Å². The van der Waals surface area contributed by atoms with Gasteiger partial charge in [0.1, 0.15) is 6.26 Å². The molecule has 3 rings (SSSR count). The standard InChI is InChI=1S/C18H17Cl2N3O4/c19-13-4-3-11(8-14(13)20)2-1-5-22-17(25)12-9-23(18(26)16(12)24)10-15-21-6-7-27-15/h3-4,6-8,24H,1-2,5,9-10H2,(H,22,25). The lowest BCUT2D eigenvalue weighted by atomic mass is 10.1. The third kappa shape index (κ3) is 4.61. The number of rotatable bonds is 7. The zero-order chi connectivity index (χ0) is 19.4. The SMILES string of the molecule is O=C(NCCCc1ccc(Cl)c(Cl)c1)C1=C(O)C(=O)N(Cc2ncco2)C1. The van der Waals surface area contributed by atoms with Crippen LogP contribution in [0.15, 0.2) is 46.4 Å². The van der Waals surface area contributed by atoms with Crippen molar-refractivity contribution in [1.82, 2.24) is 15.2 Å². The Morgan fingerprint density at radius 1 is 1.33 bits per heavy atom. The molecule has 27 heavy (non-hydrogen) atoms. The van der Waals surface area contributed by atoms with E-state index in [0.29, 0.717) is 35.3 Å². The molecule has 9 heteroatoms. The van der Waals surface area contributed by atoms with E-state index in [-0.39, 0.29) is 18.7 Å². The number of carbonyl (C=O) groups is 2. The number of hydrogen-bond acceptors (Lipinski definition) is 5. The molecule has 0 radical (unpaired) electrons. The lowest BCUT2D eigenvalue weighted by Crippen LogP contribution is -2.30. The van der Waals surface area contributed by atoms with Crippen LogP contribution in [0.3, 0.4) is 0 Å². The molecule has 0 saturated carbocycles. The average Bonchev–Trinajstić information content (AvgIpc) is 3.25. The van der Waals surface area contributed by atoms with Crippen molar-refractivity contribution in [1.29, 1.82) is 0 Å². The van der Waals surface area contributed by atoms with Crippen LogP contribution in [0, 0.1) is 0 Å². The summed E-state index contributed by atoms with van der Waals surface area (Å²) in [6.07, 6.45) is 4.23. The lowest BCUT2D eigenvalue weighted by molar-refractivity contribution is -0.128. The molecule has 0 fully saturated rings. The summed E-state index contributed by atoms with van der Waals surface area (Å²) in [7, 11) is 0. The third-order valence-electron chi connectivity index (χ3n) is 4.12. The maximum absolute atomic E-state index is 12.3. The third-order valence-corrected chi connectivity index (χ3v) is 4.86. The van der Waals surface area contributed by atoms with Gasteiger partial charge < -0.3 is 19.7 Å². The zero-order valence-corrected chi connectivity index (χ0v) is 15.8. The van der Waals surface area contributed by atoms with Crippen LogP contribution in [0.1, 0.15) is 17.9 Å². The summed E-state index contributed by atoms with van der Waals surface area (Å²) in [4.78, 5) is 29.6. The molecule has 1 aromatic heterocycles. The maximum atomic E-state index is 12.3. The molecule has 0 bridgehead atoms. The van der Waals surface area contributed by atoms with Gasteiger partial charge in [0.25, 0.3) is 11.8 Å². The van der Waals surface area contributed by atoms with Gasteiger partial charge in [-0.15, -0.1) is 0 Å². The van der Waals surface area contributed by atoms with Crippen LogP contribution in [0.5, 0.6) is 0 Å². The molecular weight excluding hydrogens is 393 g/mol. The molecule has 7 nitrogen and oxygen atoms in total. The molecule has 0 atom stereocenters. The highest BCUT2D eigenvalue weighted by Crippen LogP contribution is 2.23. The minimum atomic E-state index is -0.617. The molecule has 0 aliphatic carbocycles. The van der Waals surface area contributed by atoms with Crippen LogP contribution >= 0.6 is 23.2 Å². The zero-order valence-electron chi connectivity index (χ0n) is 14.2. The van der Waals surface area contributed by atoms with E-state index in [1.54, 1.807) is 12.1 Å². The molecule has 2 N–H and O–H groups in total. The van der Waals surface area contributed by atoms with Gasteiger partial charge in [0, 0.05) is 6.54 Å². The molecule has 0 unspecified atom stereocenters. The minimum Gasteiger partial charge on any atom is -0.503 e. The second-order valence-electron chi connectivity index (χ2n) is 6.02. The summed E-state index contributed by atoms with van der Waals surface area (Å²) in [5.74, 6) is -1.29. The first-order valence-electron chi connectivity index (χ1n) is 8.27. The summed E-state index contributed by atoms with van der Waals surface area (Å²) in [5, 5.41) is 13.7. The number of aromatic nitrogens is 1. The number of benzene rings is 1. The minimum absolute atomic E-state index is 0.00563. The van der Waals surface area contributed by atoms with Crippen molar-refractivity contribution in [3.63, 3.8) is 0 Å². The van der Waals surface area contributed by atoms with Crippen LogP contribution in [-0.2, 0) is 22.6 Å². The summed E-state index contributed by atoms with van der Waals surface area (Å²) in [5.41, 5.74) is 1.05. The number of aliphatic hydroxyl groups excluding tert-OH is 1. The first-order valence-corrected chi connectivity index (χ1v) is 9.03. The van der Waals surface area contributed by atoms with Crippen molar-refractivity contribution in [3.05, 3.63) is 63.5 Å². The maximum Gasteiger partial charge on any atom is 0.290 e. The Balaban J connectivity index is 1.48. The van der Waals surface area contributed by atoms with E-state index in [0.717, 1.165) is 5.56 Å². The van der Waals surface area contributed by atoms with Gasteiger partial charge in [0.05, 0.1) is 34.9 Å². The Labute approximate surface area is 165 Å². The van der Waals surface area contributed by atoms with Crippen LogP contribution in [0.2, 0.25) is 10.0 Å². The Kier molecular flexibility index (Phi) is 6.03. The molecule has 1 aliphatic rings. The van der Waals surface area contributed by atoms with Crippen molar-refractivity contribution in [2.45, 2.75) is 19.4 Å². The summed E-state index contributed by atoms with van der Waals surface area (Å²) in [6, 6.07) is 5.39. The van der Waals surface area contributed by atoms with Gasteiger partial charge in [-0.2, -0.15) is 0 Å². The smallest absolute Gasteiger partial charge is 0.290 e. The number of carbonyl (C=O) groups excluding carboxylic acids is 2. The van der Waals surface area contributed by atoms with E-state index < -0.39 is 17.6 Å². The van der Waals surface area contributed by atoms with E-state index >= 15 is 0 Å². The van der Waals surface area contributed by atoms with Crippen molar-refractivity contribution >= 4 is 35.0 Å². The highest BCUT2D eigenvalue weighted by atomic mass is 35.5. The van der Waals surface area contributed by atoms with Crippen molar-refractivity contribution in [3.8, 4) is 0 Å². The second kappa shape index (κ2) is 8.45. The quantitative estimate of drug-likeness (QED) is 0.685. The van der Waals surface area contributed by atoms with Gasteiger partial charge in [0.15, 0.2) is 5.76 Å². The number of aliphatic hydroxyl groups is 1. The van der Waals surface area contributed by atoms with Gasteiger partial charge in [-0.3, -0.25) is 9.59 Å². The predicted octanol–water partition coefficient (Wildman–Crippen LogP) is 2.88. The Morgan fingerprint density at radius 2 is 2.15 bits per heavy atom. The molecular formula is C18H17Cl2N3O4. The number of aryl methyl sites for hydroxylation is 1. The number of oxazole rings is 1. The first kappa shape index (κ1) is 19.3. The summed E-state index contributed by atoms with van der Waals surface area (Å²) in [6.45, 7) is 0.486. The number of nitrogens with zero attached hydrogens (tertiary/aromatic N) is 2.